The van der Waals surface area contributed by atoms with Gasteiger partial charge in [0.2, 0.25) is 5.91 Å². The number of aliphatic hydroxyl groups excluding tert-OH is 1. The molecule has 3 rings (SSSR count). The number of morpholine rings is 1. The zero-order valence-corrected chi connectivity index (χ0v) is 12.7. The molecule has 1 saturated heterocycles. The Morgan fingerprint density at radius 2 is 2.36 bits per heavy atom. The number of carbonyl (C=O) groups excluding carboxylic acids is 1. The number of nitrogens with one attached hydrogen (secondary N) is 1. The molecule has 6 heteroatoms. The largest absolute Gasteiger partial charge is 0.467 e. The normalized spacial score (nSPS) is 29.6. The molecule has 122 valence electrons. The van der Waals surface area contributed by atoms with Crippen LogP contribution in [0.5, 0.6) is 0 Å². The average Bonchev–Trinajstić information content (AvgIpc) is 3.17. The minimum absolute atomic E-state index is 0.0178. The first-order valence-corrected chi connectivity index (χ1v) is 8.03. The Morgan fingerprint density at radius 3 is 3.09 bits per heavy atom. The molecule has 0 radical (unpaired) electrons. The summed E-state index contributed by atoms with van der Waals surface area (Å²) in [5.74, 6) is 0.951. The summed E-state index contributed by atoms with van der Waals surface area (Å²) in [7, 11) is 0. The standard InChI is InChI=1S/C16H24N2O4/c19-15-5-1-4-13(15)14-11-21-8-6-18(14)10-16(20)17-9-12-3-2-7-22-12/h2-3,7,13-15,19H,1,4-6,8-11H2,(H,17,20)/t13-,14+,15-/m0/s1. The van der Waals surface area contributed by atoms with Crippen LogP contribution in [-0.4, -0.2) is 54.4 Å². The Kier molecular flexibility index (Phi) is 5.12. The maximum atomic E-state index is 12.2. The molecular weight excluding hydrogens is 284 g/mol. The second-order valence-corrected chi connectivity index (χ2v) is 6.13. The molecular formula is C16H24N2O4. The molecule has 0 unspecified atom stereocenters. The molecule has 0 spiro atoms. The van der Waals surface area contributed by atoms with Crippen LogP contribution in [-0.2, 0) is 16.1 Å². The van der Waals surface area contributed by atoms with Gasteiger partial charge in [-0.3, -0.25) is 9.69 Å². The van der Waals surface area contributed by atoms with E-state index in [-0.39, 0.29) is 24.0 Å². The van der Waals surface area contributed by atoms with E-state index in [1.54, 1.807) is 12.3 Å². The van der Waals surface area contributed by atoms with Gasteiger partial charge in [0.05, 0.1) is 38.7 Å². The number of nitrogens with zero attached hydrogens (tertiary/aromatic N) is 1. The van der Waals surface area contributed by atoms with Crippen LogP contribution in [0.3, 0.4) is 0 Å². The summed E-state index contributed by atoms with van der Waals surface area (Å²) in [5.41, 5.74) is 0. The smallest absolute Gasteiger partial charge is 0.234 e. The van der Waals surface area contributed by atoms with Gasteiger partial charge in [-0.2, -0.15) is 0 Å². The molecule has 0 aromatic carbocycles. The fourth-order valence-corrected chi connectivity index (χ4v) is 3.51. The summed E-state index contributed by atoms with van der Waals surface area (Å²) in [6.07, 6.45) is 4.27. The number of ether oxygens (including phenoxy) is 1. The first-order chi connectivity index (χ1) is 10.7. The topological polar surface area (TPSA) is 74.9 Å². The molecule has 6 nitrogen and oxygen atoms in total. The Labute approximate surface area is 130 Å². The van der Waals surface area contributed by atoms with E-state index in [0.29, 0.717) is 26.3 Å². The van der Waals surface area contributed by atoms with Crippen molar-refractivity contribution < 1.29 is 19.1 Å². The predicted octanol–water partition coefficient (Wildman–Crippen LogP) is 0.758. The molecule has 2 heterocycles. The van der Waals surface area contributed by atoms with Crippen LogP contribution < -0.4 is 5.32 Å². The maximum absolute atomic E-state index is 12.2. The van der Waals surface area contributed by atoms with Gasteiger partial charge in [0, 0.05) is 18.5 Å². The SMILES string of the molecule is O=C(CN1CCOC[C@@H]1[C@@H]1CCC[C@@H]1O)NCc1ccco1. The third-order valence-electron chi connectivity index (χ3n) is 4.69. The average molecular weight is 308 g/mol. The van der Waals surface area contributed by atoms with E-state index in [0.717, 1.165) is 31.6 Å². The van der Waals surface area contributed by atoms with E-state index >= 15 is 0 Å². The quantitative estimate of drug-likeness (QED) is 0.840. The van der Waals surface area contributed by atoms with Crippen molar-refractivity contribution in [3.8, 4) is 0 Å². The van der Waals surface area contributed by atoms with Crippen LogP contribution in [0.1, 0.15) is 25.0 Å². The summed E-state index contributed by atoms with van der Waals surface area (Å²) >= 11 is 0. The van der Waals surface area contributed by atoms with Crippen molar-refractivity contribution in [3.05, 3.63) is 24.2 Å². The highest BCUT2D eigenvalue weighted by atomic mass is 16.5. The summed E-state index contributed by atoms with van der Waals surface area (Å²) < 4.78 is 10.8. The van der Waals surface area contributed by atoms with Gasteiger partial charge in [-0.25, -0.2) is 0 Å². The van der Waals surface area contributed by atoms with Crippen LogP contribution in [0.25, 0.3) is 0 Å². The lowest BCUT2D eigenvalue weighted by atomic mass is 9.94. The second-order valence-electron chi connectivity index (χ2n) is 6.13. The van der Waals surface area contributed by atoms with E-state index in [1.165, 1.54) is 0 Å². The van der Waals surface area contributed by atoms with Crippen molar-refractivity contribution in [1.29, 1.82) is 0 Å². The molecule has 1 aromatic rings. The van der Waals surface area contributed by atoms with Gasteiger partial charge in [-0.15, -0.1) is 0 Å². The van der Waals surface area contributed by atoms with E-state index in [4.69, 9.17) is 9.15 Å². The predicted molar refractivity (Wildman–Crippen MR) is 80.1 cm³/mol. The fourth-order valence-electron chi connectivity index (χ4n) is 3.51. The molecule has 2 aliphatic rings. The first kappa shape index (κ1) is 15.5. The van der Waals surface area contributed by atoms with Crippen molar-refractivity contribution >= 4 is 5.91 Å². The number of furan rings is 1. The van der Waals surface area contributed by atoms with Crippen molar-refractivity contribution in [3.63, 3.8) is 0 Å². The van der Waals surface area contributed by atoms with Crippen molar-refractivity contribution in [1.82, 2.24) is 10.2 Å². The summed E-state index contributed by atoms with van der Waals surface area (Å²) in [5, 5.41) is 13.0. The Hall–Kier alpha value is -1.37. The third-order valence-corrected chi connectivity index (χ3v) is 4.69. The summed E-state index contributed by atoms with van der Waals surface area (Å²) in [6, 6.07) is 3.79. The van der Waals surface area contributed by atoms with E-state index < -0.39 is 0 Å². The van der Waals surface area contributed by atoms with Crippen molar-refractivity contribution in [2.24, 2.45) is 5.92 Å². The first-order valence-electron chi connectivity index (χ1n) is 8.03. The number of amides is 1. The lowest BCUT2D eigenvalue weighted by molar-refractivity contribution is -0.126. The molecule has 2 N–H and O–H groups in total. The minimum Gasteiger partial charge on any atom is -0.467 e. The lowest BCUT2D eigenvalue weighted by Crippen LogP contribution is -2.53. The molecule has 2 fully saturated rings. The number of aliphatic hydroxyl groups is 1. The van der Waals surface area contributed by atoms with Gasteiger partial charge in [0.1, 0.15) is 5.76 Å². The molecule has 1 amide bonds. The number of carbonyl (C=O) groups is 1. The van der Waals surface area contributed by atoms with E-state index in [2.05, 4.69) is 10.2 Å². The van der Waals surface area contributed by atoms with Crippen LogP contribution in [0, 0.1) is 5.92 Å². The maximum Gasteiger partial charge on any atom is 0.234 e. The number of hydrogen-bond acceptors (Lipinski definition) is 5. The van der Waals surface area contributed by atoms with Crippen molar-refractivity contribution in [2.45, 2.75) is 38.0 Å². The van der Waals surface area contributed by atoms with Gasteiger partial charge in [-0.05, 0) is 25.0 Å². The zero-order valence-electron chi connectivity index (χ0n) is 12.7. The Morgan fingerprint density at radius 1 is 1.45 bits per heavy atom. The highest BCUT2D eigenvalue weighted by molar-refractivity contribution is 5.78. The van der Waals surface area contributed by atoms with Gasteiger partial charge < -0.3 is 19.6 Å². The third kappa shape index (κ3) is 3.69. The van der Waals surface area contributed by atoms with Gasteiger partial charge in [0.25, 0.3) is 0 Å². The number of rotatable bonds is 5. The molecule has 1 aliphatic heterocycles. The molecule has 0 bridgehead atoms. The fraction of sp³-hybridized carbons (Fsp3) is 0.688. The lowest BCUT2D eigenvalue weighted by Gasteiger charge is -2.39. The molecule has 1 aromatic heterocycles. The molecule has 1 aliphatic carbocycles. The van der Waals surface area contributed by atoms with Crippen LogP contribution in [0.2, 0.25) is 0 Å². The number of hydrogen-bond donors (Lipinski definition) is 2. The van der Waals surface area contributed by atoms with Gasteiger partial charge in [-0.1, -0.05) is 6.42 Å². The molecule has 3 atom stereocenters. The van der Waals surface area contributed by atoms with Gasteiger partial charge >= 0.3 is 0 Å². The van der Waals surface area contributed by atoms with Crippen molar-refractivity contribution in [2.75, 3.05) is 26.3 Å². The minimum atomic E-state index is -0.264. The highest BCUT2D eigenvalue weighted by Crippen LogP contribution is 2.32. The summed E-state index contributed by atoms with van der Waals surface area (Å²) in [4.78, 5) is 14.3. The summed E-state index contributed by atoms with van der Waals surface area (Å²) in [6.45, 7) is 2.74. The van der Waals surface area contributed by atoms with Crippen LogP contribution in [0.15, 0.2) is 22.8 Å². The zero-order chi connectivity index (χ0) is 15.4. The van der Waals surface area contributed by atoms with E-state index in [1.807, 2.05) is 6.07 Å². The Balaban J connectivity index is 1.53. The van der Waals surface area contributed by atoms with Gasteiger partial charge in [0.15, 0.2) is 0 Å². The van der Waals surface area contributed by atoms with E-state index in [9.17, 15) is 9.90 Å². The van der Waals surface area contributed by atoms with Crippen LogP contribution >= 0.6 is 0 Å². The molecule has 22 heavy (non-hydrogen) atoms. The van der Waals surface area contributed by atoms with Crippen LogP contribution in [0.4, 0.5) is 0 Å². The highest BCUT2D eigenvalue weighted by Gasteiger charge is 2.38. The Bertz CT molecular complexity index is 477. The monoisotopic (exact) mass is 308 g/mol. The second kappa shape index (κ2) is 7.26. The molecule has 1 saturated carbocycles.